The lowest BCUT2D eigenvalue weighted by molar-refractivity contribution is -0.116. The summed E-state index contributed by atoms with van der Waals surface area (Å²) in [5.74, 6) is 0.158. The number of amides is 1. The van der Waals surface area contributed by atoms with Crippen molar-refractivity contribution in [3.8, 4) is 0 Å². The number of primary amides is 1. The van der Waals surface area contributed by atoms with Gasteiger partial charge in [0.1, 0.15) is 5.82 Å². The lowest BCUT2D eigenvalue weighted by Gasteiger charge is -2.24. The van der Waals surface area contributed by atoms with Crippen molar-refractivity contribution >= 4 is 17.7 Å². The van der Waals surface area contributed by atoms with Crippen molar-refractivity contribution in [1.29, 1.82) is 0 Å². The number of esters is 1. The van der Waals surface area contributed by atoms with Crippen molar-refractivity contribution < 1.29 is 14.3 Å². The second-order valence-corrected chi connectivity index (χ2v) is 4.87. The van der Waals surface area contributed by atoms with Gasteiger partial charge in [0.2, 0.25) is 5.91 Å². The van der Waals surface area contributed by atoms with E-state index in [2.05, 4.69) is 4.98 Å². The van der Waals surface area contributed by atoms with E-state index in [1.165, 1.54) is 6.20 Å². The Bertz CT molecular complexity index is 457. The van der Waals surface area contributed by atoms with Gasteiger partial charge in [-0.2, -0.15) is 0 Å². The van der Waals surface area contributed by atoms with Crippen LogP contribution < -0.4 is 10.6 Å². The van der Waals surface area contributed by atoms with Crippen molar-refractivity contribution in [3.05, 3.63) is 23.9 Å². The van der Waals surface area contributed by atoms with Crippen molar-refractivity contribution in [2.75, 3.05) is 24.6 Å². The number of carbonyl (C=O) groups excluding carboxylic acids is 2. The first-order chi connectivity index (χ1) is 9.43. The summed E-state index contributed by atoms with van der Waals surface area (Å²) < 4.78 is 4.89. The number of aromatic nitrogens is 1. The fraction of sp³-hybridized carbons (Fsp3) is 0.500. The van der Waals surface area contributed by atoms with Crippen LogP contribution in [0.15, 0.2) is 18.3 Å². The van der Waals surface area contributed by atoms with Crippen LogP contribution in [-0.4, -0.2) is 36.6 Å². The van der Waals surface area contributed by atoms with Gasteiger partial charge in [-0.1, -0.05) is 13.8 Å². The smallest absolute Gasteiger partial charge is 0.339 e. The van der Waals surface area contributed by atoms with E-state index in [0.29, 0.717) is 30.5 Å². The van der Waals surface area contributed by atoms with Gasteiger partial charge in [-0.05, 0) is 25.0 Å². The molecule has 0 aliphatic rings. The number of hydrogen-bond acceptors (Lipinski definition) is 5. The number of nitrogens with two attached hydrogens (primary N) is 1. The minimum Gasteiger partial charge on any atom is -0.462 e. The maximum Gasteiger partial charge on any atom is 0.339 e. The van der Waals surface area contributed by atoms with E-state index in [1.807, 2.05) is 13.8 Å². The van der Waals surface area contributed by atoms with Crippen LogP contribution in [0, 0.1) is 5.92 Å². The molecule has 1 amide bonds. The highest BCUT2D eigenvalue weighted by atomic mass is 16.5. The molecule has 6 nitrogen and oxygen atoms in total. The maximum atomic E-state index is 11.5. The molecule has 1 aromatic rings. The molecule has 1 rings (SSSR count). The van der Waals surface area contributed by atoms with E-state index < -0.39 is 11.9 Å². The molecule has 0 spiro atoms. The van der Waals surface area contributed by atoms with Crippen molar-refractivity contribution in [3.63, 3.8) is 0 Å². The SMILES string of the molecule is CCOC(=O)c1ccc(N(CC(N)=O)CC(C)C)nc1. The highest BCUT2D eigenvalue weighted by Gasteiger charge is 2.14. The first-order valence-corrected chi connectivity index (χ1v) is 6.60. The largest absolute Gasteiger partial charge is 0.462 e. The molecular weight excluding hydrogens is 258 g/mol. The Morgan fingerprint density at radius 1 is 1.40 bits per heavy atom. The zero-order chi connectivity index (χ0) is 15.1. The Morgan fingerprint density at radius 2 is 2.10 bits per heavy atom. The third-order valence-corrected chi connectivity index (χ3v) is 2.52. The molecule has 0 aromatic carbocycles. The normalized spacial score (nSPS) is 10.4. The topological polar surface area (TPSA) is 85.5 Å². The molecule has 0 unspecified atom stereocenters. The van der Waals surface area contributed by atoms with Crippen molar-refractivity contribution in [2.24, 2.45) is 11.7 Å². The van der Waals surface area contributed by atoms with Crippen LogP contribution in [0.4, 0.5) is 5.82 Å². The van der Waals surface area contributed by atoms with E-state index >= 15 is 0 Å². The van der Waals surface area contributed by atoms with Crippen LogP contribution in [0.3, 0.4) is 0 Å². The Morgan fingerprint density at radius 3 is 2.55 bits per heavy atom. The Labute approximate surface area is 118 Å². The molecule has 0 atom stereocenters. The van der Waals surface area contributed by atoms with Crippen molar-refractivity contribution in [2.45, 2.75) is 20.8 Å². The van der Waals surface area contributed by atoms with E-state index in [4.69, 9.17) is 10.5 Å². The van der Waals surface area contributed by atoms with Gasteiger partial charge in [-0.25, -0.2) is 9.78 Å². The summed E-state index contributed by atoms with van der Waals surface area (Å²) in [6, 6.07) is 3.33. The molecule has 1 aromatic heterocycles. The van der Waals surface area contributed by atoms with Gasteiger partial charge < -0.3 is 15.4 Å². The van der Waals surface area contributed by atoms with Crippen LogP contribution in [0.2, 0.25) is 0 Å². The molecule has 0 fully saturated rings. The second kappa shape index (κ2) is 7.47. The lowest BCUT2D eigenvalue weighted by atomic mass is 10.2. The van der Waals surface area contributed by atoms with Crippen LogP contribution in [0.25, 0.3) is 0 Å². The fourth-order valence-electron chi connectivity index (χ4n) is 1.78. The molecule has 0 aliphatic carbocycles. The van der Waals surface area contributed by atoms with Crippen LogP contribution >= 0.6 is 0 Å². The number of anilines is 1. The number of nitrogens with zero attached hydrogens (tertiary/aromatic N) is 2. The van der Waals surface area contributed by atoms with E-state index in [1.54, 1.807) is 24.0 Å². The number of hydrogen-bond donors (Lipinski definition) is 1. The Balaban J connectivity index is 2.86. The van der Waals surface area contributed by atoms with Gasteiger partial charge in [-0.15, -0.1) is 0 Å². The average Bonchev–Trinajstić information content (AvgIpc) is 2.37. The maximum absolute atomic E-state index is 11.5. The third kappa shape index (κ3) is 4.87. The summed E-state index contributed by atoms with van der Waals surface area (Å²) >= 11 is 0. The summed E-state index contributed by atoms with van der Waals surface area (Å²) in [5.41, 5.74) is 5.63. The van der Waals surface area contributed by atoms with E-state index in [0.717, 1.165) is 0 Å². The average molecular weight is 279 g/mol. The number of carbonyl (C=O) groups is 2. The molecule has 0 radical (unpaired) electrons. The summed E-state index contributed by atoms with van der Waals surface area (Å²) in [6.07, 6.45) is 1.45. The summed E-state index contributed by atoms with van der Waals surface area (Å²) in [5, 5.41) is 0. The molecule has 110 valence electrons. The zero-order valence-corrected chi connectivity index (χ0v) is 12.1. The molecule has 0 bridgehead atoms. The predicted octanol–water partition coefficient (Wildman–Crippen LogP) is 1.21. The summed E-state index contributed by atoms with van der Waals surface area (Å²) in [4.78, 5) is 28.6. The molecule has 0 saturated carbocycles. The lowest BCUT2D eigenvalue weighted by Crippen LogP contribution is -2.36. The first-order valence-electron chi connectivity index (χ1n) is 6.60. The Kier molecular flexibility index (Phi) is 5.96. The summed E-state index contributed by atoms with van der Waals surface area (Å²) in [6.45, 7) is 6.92. The second-order valence-electron chi connectivity index (χ2n) is 4.87. The minimum absolute atomic E-state index is 0.101. The molecule has 20 heavy (non-hydrogen) atoms. The standard InChI is InChI=1S/C14H21N3O3/c1-4-20-14(19)11-5-6-13(16-7-11)17(8-10(2)3)9-12(15)18/h5-7,10H,4,8-9H2,1-3H3,(H2,15,18). The van der Waals surface area contributed by atoms with Crippen LogP contribution in [0.5, 0.6) is 0 Å². The van der Waals surface area contributed by atoms with Gasteiger partial charge in [0.05, 0.1) is 18.7 Å². The van der Waals surface area contributed by atoms with Gasteiger partial charge in [0.15, 0.2) is 0 Å². The van der Waals surface area contributed by atoms with Gasteiger partial charge in [0.25, 0.3) is 0 Å². The minimum atomic E-state index is -0.415. The van der Waals surface area contributed by atoms with Gasteiger partial charge in [-0.3, -0.25) is 4.79 Å². The molecule has 6 heteroatoms. The highest BCUT2D eigenvalue weighted by molar-refractivity contribution is 5.89. The highest BCUT2D eigenvalue weighted by Crippen LogP contribution is 2.13. The number of ether oxygens (including phenoxy) is 1. The Hall–Kier alpha value is -2.11. The number of pyridine rings is 1. The molecule has 2 N–H and O–H groups in total. The van der Waals surface area contributed by atoms with Crippen molar-refractivity contribution in [1.82, 2.24) is 4.98 Å². The van der Waals surface area contributed by atoms with E-state index in [-0.39, 0.29) is 6.54 Å². The number of rotatable bonds is 7. The fourth-order valence-corrected chi connectivity index (χ4v) is 1.78. The van der Waals surface area contributed by atoms with Gasteiger partial charge in [0, 0.05) is 12.7 Å². The first kappa shape index (κ1) is 15.9. The summed E-state index contributed by atoms with van der Waals surface area (Å²) in [7, 11) is 0. The monoisotopic (exact) mass is 279 g/mol. The molecular formula is C14H21N3O3. The van der Waals surface area contributed by atoms with E-state index in [9.17, 15) is 9.59 Å². The molecule has 1 heterocycles. The zero-order valence-electron chi connectivity index (χ0n) is 12.1. The van der Waals surface area contributed by atoms with Crippen LogP contribution in [-0.2, 0) is 9.53 Å². The third-order valence-electron chi connectivity index (χ3n) is 2.52. The predicted molar refractivity (Wildman–Crippen MR) is 76.4 cm³/mol. The van der Waals surface area contributed by atoms with Crippen LogP contribution in [0.1, 0.15) is 31.1 Å². The van der Waals surface area contributed by atoms with Gasteiger partial charge >= 0.3 is 5.97 Å². The molecule has 0 saturated heterocycles. The molecule has 0 aliphatic heterocycles. The quantitative estimate of drug-likeness (QED) is 0.758.